The molecule has 6 nitrogen and oxygen atoms in total. The molecular formula is C16H13N5O. The van der Waals surface area contributed by atoms with Crippen LogP contribution in [0.25, 0.3) is 22.4 Å². The van der Waals surface area contributed by atoms with Crippen molar-refractivity contribution in [1.82, 2.24) is 15.2 Å². The fourth-order valence-corrected chi connectivity index (χ4v) is 2.46. The molecule has 0 saturated carbocycles. The van der Waals surface area contributed by atoms with Crippen LogP contribution in [0, 0.1) is 18.3 Å². The summed E-state index contributed by atoms with van der Waals surface area (Å²) in [5.74, 6) is 0.352. The zero-order valence-corrected chi connectivity index (χ0v) is 11.8. The first-order valence-electron chi connectivity index (χ1n) is 6.60. The highest BCUT2D eigenvalue weighted by molar-refractivity contribution is 5.83. The molecule has 0 aliphatic rings. The summed E-state index contributed by atoms with van der Waals surface area (Å²) in [5.41, 5.74) is 10.1. The fourth-order valence-electron chi connectivity index (χ4n) is 2.46. The van der Waals surface area contributed by atoms with Crippen molar-refractivity contribution in [3.63, 3.8) is 0 Å². The van der Waals surface area contributed by atoms with Gasteiger partial charge in [-0.2, -0.15) is 10.4 Å². The molecule has 2 heterocycles. The molecule has 0 aliphatic carbocycles. The summed E-state index contributed by atoms with van der Waals surface area (Å²) in [5, 5.41) is 25.5. The van der Waals surface area contributed by atoms with Gasteiger partial charge in [-0.05, 0) is 36.8 Å². The third kappa shape index (κ3) is 2.15. The van der Waals surface area contributed by atoms with Crippen LogP contribution in [0.3, 0.4) is 0 Å². The number of nitrogens with two attached hydrogens (primary N) is 1. The summed E-state index contributed by atoms with van der Waals surface area (Å²) in [6.07, 6.45) is 3.35. The smallest absolute Gasteiger partial charge is 0.142 e. The maximum atomic E-state index is 9.41. The van der Waals surface area contributed by atoms with E-state index in [0.717, 1.165) is 16.7 Å². The highest BCUT2D eigenvalue weighted by Crippen LogP contribution is 2.35. The zero-order chi connectivity index (χ0) is 15.7. The Bertz CT molecular complexity index is 861. The van der Waals surface area contributed by atoms with Crippen molar-refractivity contribution in [2.24, 2.45) is 0 Å². The number of nitrogen functional groups attached to an aromatic ring is 1. The number of phenols is 1. The topological polar surface area (TPSA) is 112 Å². The first-order valence-corrected chi connectivity index (χ1v) is 6.60. The maximum absolute atomic E-state index is 9.41. The Balaban J connectivity index is 2.30. The van der Waals surface area contributed by atoms with E-state index in [-0.39, 0.29) is 11.6 Å². The molecule has 3 rings (SSSR count). The minimum Gasteiger partial charge on any atom is -0.508 e. The van der Waals surface area contributed by atoms with Crippen molar-refractivity contribution in [3.05, 3.63) is 47.8 Å². The van der Waals surface area contributed by atoms with Crippen LogP contribution in [-0.2, 0) is 0 Å². The number of H-pyrrole nitrogens is 1. The van der Waals surface area contributed by atoms with Crippen molar-refractivity contribution < 1.29 is 5.11 Å². The fraction of sp³-hybridized carbons (Fsp3) is 0.0625. The predicted molar refractivity (Wildman–Crippen MR) is 82.8 cm³/mol. The van der Waals surface area contributed by atoms with Crippen LogP contribution in [0.5, 0.6) is 5.75 Å². The first kappa shape index (κ1) is 13.6. The molecule has 22 heavy (non-hydrogen) atoms. The van der Waals surface area contributed by atoms with Gasteiger partial charge in [-0.3, -0.25) is 5.10 Å². The Morgan fingerprint density at radius 2 is 1.95 bits per heavy atom. The Labute approximate surface area is 126 Å². The van der Waals surface area contributed by atoms with E-state index in [4.69, 9.17) is 5.73 Å². The van der Waals surface area contributed by atoms with Gasteiger partial charge in [-0.25, -0.2) is 4.98 Å². The van der Waals surface area contributed by atoms with E-state index in [9.17, 15) is 10.4 Å². The number of pyridine rings is 1. The SMILES string of the molecule is Cc1c(-c2ccc(O)cc2)nc(N)c(C#N)c1-c1cn[nH]c1. The highest BCUT2D eigenvalue weighted by atomic mass is 16.3. The van der Waals surface area contributed by atoms with Gasteiger partial charge in [0.05, 0.1) is 11.9 Å². The summed E-state index contributed by atoms with van der Waals surface area (Å²) >= 11 is 0. The summed E-state index contributed by atoms with van der Waals surface area (Å²) in [7, 11) is 0. The molecule has 0 atom stereocenters. The van der Waals surface area contributed by atoms with Gasteiger partial charge < -0.3 is 10.8 Å². The quantitative estimate of drug-likeness (QED) is 0.672. The third-order valence-corrected chi connectivity index (χ3v) is 3.51. The number of nitriles is 1. The lowest BCUT2D eigenvalue weighted by Gasteiger charge is -2.13. The van der Waals surface area contributed by atoms with Crippen molar-refractivity contribution in [3.8, 4) is 34.2 Å². The summed E-state index contributed by atoms with van der Waals surface area (Å²) in [6, 6.07) is 8.80. The molecule has 0 spiro atoms. The van der Waals surface area contributed by atoms with E-state index >= 15 is 0 Å². The molecular weight excluding hydrogens is 278 g/mol. The van der Waals surface area contributed by atoms with Gasteiger partial charge >= 0.3 is 0 Å². The summed E-state index contributed by atoms with van der Waals surface area (Å²) in [6.45, 7) is 1.89. The third-order valence-electron chi connectivity index (χ3n) is 3.51. The predicted octanol–water partition coefficient (Wildman–Crippen LogP) is 2.61. The molecule has 4 N–H and O–H groups in total. The molecule has 3 aromatic rings. The van der Waals surface area contributed by atoms with Crippen LogP contribution < -0.4 is 5.73 Å². The van der Waals surface area contributed by atoms with Gasteiger partial charge in [-0.1, -0.05) is 0 Å². The number of aromatic nitrogens is 3. The summed E-state index contributed by atoms with van der Waals surface area (Å²) < 4.78 is 0. The number of nitrogens with one attached hydrogen (secondary N) is 1. The minimum absolute atomic E-state index is 0.173. The van der Waals surface area contributed by atoms with E-state index in [1.54, 1.807) is 36.7 Å². The second-order valence-electron chi connectivity index (χ2n) is 4.87. The van der Waals surface area contributed by atoms with Crippen molar-refractivity contribution in [2.45, 2.75) is 6.92 Å². The Kier molecular flexibility index (Phi) is 3.24. The second kappa shape index (κ2) is 5.22. The van der Waals surface area contributed by atoms with E-state index in [2.05, 4.69) is 21.3 Å². The molecule has 0 amide bonds. The lowest BCUT2D eigenvalue weighted by molar-refractivity contribution is 0.475. The number of benzene rings is 1. The molecule has 0 fully saturated rings. The van der Waals surface area contributed by atoms with E-state index in [0.29, 0.717) is 16.8 Å². The Morgan fingerprint density at radius 1 is 1.23 bits per heavy atom. The molecule has 108 valence electrons. The van der Waals surface area contributed by atoms with Crippen LogP contribution in [0.15, 0.2) is 36.7 Å². The normalized spacial score (nSPS) is 10.4. The number of phenolic OH excluding ortho intramolecular Hbond substituents is 1. The van der Waals surface area contributed by atoms with Crippen molar-refractivity contribution >= 4 is 5.82 Å². The Morgan fingerprint density at radius 3 is 2.55 bits per heavy atom. The molecule has 0 unspecified atom stereocenters. The molecule has 0 bridgehead atoms. The van der Waals surface area contributed by atoms with Crippen LogP contribution >= 0.6 is 0 Å². The Hall–Kier alpha value is -3.33. The highest BCUT2D eigenvalue weighted by Gasteiger charge is 2.18. The van der Waals surface area contributed by atoms with Crippen LogP contribution in [0.4, 0.5) is 5.82 Å². The number of rotatable bonds is 2. The van der Waals surface area contributed by atoms with Crippen molar-refractivity contribution in [1.29, 1.82) is 5.26 Å². The number of anilines is 1. The molecule has 1 aromatic carbocycles. The van der Waals surface area contributed by atoms with E-state index < -0.39 is 0 Å². The second-order valence-corrected chi connectivity index (χ2v) is 4.87. The average molecular weight is 291 g/mol. The number of hydrogen-bond acceptors (Lipinski definition) is 5. The minimum atomic E-state index is 0.173. The standard InChI is InChI=1S/C16H13N5O/c1-9-14(11-7-19-20-8-11)13(6-17)16(18)21-15(9)10-2-4-12(22)5-3-10/h2-5,7-8,22H,1H3,(H2,18,21)(H,19,20). The van der Waals surface area contributed by atoms with Gasteiger partial charge in [0.25, 0.3) is 0 Å². The number of nitrogens with zero attached hydrogens (tertiary/aromatic N) is 3. The summed E-state index contributed by atoms with van der Waals surface area (Å²) in [4.78, 5) is 4.36. The molecule has 0 aliphatic heterocycles. The van der Waals surface area contributed by atoms with Crippen molar-refractivity contribution in [2.75, 3.05) is 5.73 Å². The number of hydrogen-bond donors (Lipinski definition) is 3. The molecule has 2 aromatic heterocycles. The maximum Gasteiger partial charge on any atom is 0.142 e. The van der Waals surface area contributed by atoms with E-state index in [1.807, 2.05) is 6.92 Å². The van der Waals surface area contributed by atoms with Crippen LogP contribution in [0.2, 0.25) is 0 Å². The number of aromatic amines is 1. The first-order chi connectivity index (χ1) is 10.6. The van der Waals surface area contributed by atoms with Crippen LogP contribution in [0.1, 0.15) is 11.1 Å². The zero-order valence-electron chi connectivity index (χ0n) is 11.8. The molecule has 0 radical (unpaired) electrons. The molecule has 6 heteroatoms. The van der Waals surface area contributed by atoms with Gasteiger partial charge in [-0.15, -0.1) is 0 Å². The largest absolute Gasteiger partial charge is 0.508 e. The molecule has 0 saturated heterocycles. The monoisotopic (exact) mass is 291 g/mol. The average Bonchev–Trinajstić information content (AvgIpc) is 3.03. The number of aromatic hydroxyl groups is 1. The lowest BCUT2D eigenvalue weighted by Crippen LogP contribution is -2.02. The van der Waals surface area contributed by atoms with Gasteiger partial charge in [0.2, 0.25) is 0 Å². The van der Waals surface area contributed by atoms with Gasteiger partial charge in [0, 0.05) is 22.9 Å². The van der Waals surface area contributed by atoms with E-state index in [1.165, 1.54) is 0 Å². The van der Waals surface area contributed by atoms with Crippen LogP contribution in [-0.4, -0.2) is 20.3 Å². The lowest BCUT2D eigenvalue weighted by atomic mass is 9.94. The van der Waals surface area contributed by atoms with Gasteiger partial charge in [0.15, 0.2) is 0 Å². The van der Waals surface area contributed by atoms with Gasteiger partial charge in [0.1, 0.15) is 23.2 Å².